The number of likely N-dealkylation sites (N-methyl/N-ethyl adjacent to an activating group) is 1. The Balaban J connectivity index is 0.00000208. The van der Waals surface area contributed by atoms with Crippen LogP contribution in [0.3, 0.4) is 0 Å². The summed E-state index contributed by atoms with van der Waals surface area (Å²) in [6, 6.07) is 4.42. The molecule has 6 nitrogen and oxygen atoms in total. The van der Waals surface area contributed by atoms with Gasteiger partial charge in [0.25, 0.3) is 5.91 Å². The van der Waals surface area contributed by atoms with Crippen LogP contribution in [0.1, 0.15) is 22.6 Å². The molecule has 1 aliphatic rings. The molecule has 0 aliphatic carbocycles. The van der Waals surface area contributed by atoms with Crippen LogP contribution in [0.2, 0.25) is 5.02 Å². The Morgan fingerprint density at radius 3 is 2.88 bits per heavy atom. The van der Waals surface area contributed by atoms with E-state index in [-0.39, 0.29) is 29.4 Å². The van der Waals surface area contributed by atoms with Crippen LogP contribution in [0.4, 0.5) is 4.39 Å². The Bertz CT molecular complexity index is 745. The van der Waals surface area contributed by atoms with Crippen LogP contribution in [-0.4, -0.2) is 52.0 Å². The molecule has 1 aliphatic heterocycles. The number of hydrogen-bond donors (Lipinski definition) is 1. The van der Waals surface area contributed by atoms with E-state index in [1.807, 2.05) is 0 Å². The Hall–Kier alpha value is -1.70. The first-order valence-electron chi connectivity index (χ1n) is 7.34. The monoisotopic (exact) mass is 373 g/mol. The van der Waals surface area contributed by atoms with Gasteiger partial charge in [-0.05, 0) is 38.1 Å². The number of halogens is 3. The summed E-state index contributed by atoms with van der Waals surface area (Å²) in [5.41, 5.74) is 1.45. The molecule has 0 bridgehead atoms. The van der Waals surface area contributed by atoms with Gasteiger partial charge in [0.1, 0.15) is 5.82 Å². The molecule has 1 atom stereocenters. The van der Waals surface area contributed by atoms with Crippen LogP contribution < -0.4 is 5.32 Å². The summed E-state index contributed by atoms with van der Waals surface area (Å²) in [5, 5.41) is 11.2. The maximum Gasteiger partial charge on any atom is 0.276 e. The van der Waals surface area contributed by atoms with Gasteiger partial charge in [0.2, 0.25) is 0 Å². The van der Waals surface area contributed by atoms with E-state index in [4.69, 9.17) is 11.6 Å². The van der Waals surface area contributed by atoms with Crippen molar-refractivity contribution in [3.05, 3.63) is 40.4 Å². The van der Waals surface area contributed by atoms with E-state index in [1.54, 1.807) is 24.9 Å². The average molecular weight is 374 g/mol. The van der Waals surface area contributed by atoms with Crippen molar-refractivity contribution in [1.29, 1.82) is 0 Å². The summed E-state index contributed by atoms with van der Waals surface area (Å²) in [4.78, 5) is 14.3. The molecule has 1 aromatic carbocycles. The van der Waals surface area contributed by atoms with Gasteiger partial charge in [0.15, 0.2) is 5.69 Å². The van der Waals surface area contributed by atoms with E-state index in [0.717, 1.165) is 19.5 Å². The maximum absolute atomic E-state index is 13.3. The predicted octanol–water partition coefficient (Wildman–Crippen LogP) is 2.22. The number of amides is 1. The summed E-state index contributed by atoms with van der Waals surface area (Å²) >= 11 is 5.80. The summed E-state index contributed by atoms with van der Waals surface area (Å²) in [5.74, 6) is -0.673. The van der Waals surface area contributed by atoms with Crippen molar-refractivity contribution in [2.45, 2.75) is 19.4 Å². The molecule has 1 amide bonds. The topological polar surface area (TPSA) is 63.1 Å². The minimum atomic E-state index is -0.502. The van der Waals surface area contributed by atoms with Crippen LogP contribution in [0.25, 0.3) is 5.69 Å². The summed E-state index contributed by atoms with van der Waals surface area (Å²) in [7, 11) is 1.77. The smallest absolute Gasteiger partial charge is 0.276 e. The average Bonchev–Trinajstić information content (AvgIpc) is 3.18. The first-order chi connectivity index (χ1) is 11.0. The summed E-state index contributed by atoms with van der Waals surface area (Å²) < 4.78 is 14.8. The van der Waals surface area contributed by atoms with E-state index in [2.05, 4.69) is 15.6 Å². The highest BCUT2D eigenvalue weighted by atomic mass is 35.5. The third-order valence-corrected chi connectivity index (χ3v) is 4.44. The van der Waals surface area contributed by atoms with Gasteiger partial charge in [-0.1, -0.05) is 16.8 Å². The van der Waals surface area contributed by atoms with E-state index in [1.165, 1.54) is 16.8 Å². The number of carbonyl (C=O) groups excluding carboxylic acids is 1. The van der Waals surface area contributed by atoms with Crippen molar-refractivity contribution in [2.24, 2.45) is 0 Å². The lowest BCUT2D eigenvalue weighted by Gasteiger charge is -2.22. The number of aromatic nitrogens is 3. The Kier molecular flexibility index (Phi) is 5.79. The van der Waals surface area contributed by atoms with Crippen molar-refractivity contribution >= 4 is 29.9 Å². The molecule has 2 aromatic rings. The highest BCUT2D eigenvalue weighted by Gasteiger charge is 2.27. The normalized spacial score (nSPS) is 16.8. The zero-order valence-corrected chi connectivity index (χ0v) is 14.9. The van der Waals surface area contributed by atoms with Gasteiger partial charge >= 0.3 is 0 Å². The lowest BCUT2D eigenvalue weighted by Crippen LogP contribution is -2.38. The fourth-order valence-corrected chi connectivity index (χ4v) is 2.87. The number of nitrogens with zero attached hydrogens (tertiary/aromatic N) is 4. The van der Waals surface area contributed by atoms with Gasteiger partial charge in [-0.2, -0.15) is 0 Å². The standard InChI is InChI=1S/C15H17ClFN5O.ClH/c1-9-14(15(23)21(2)11-5-6-18-8-11)19-20-22(9)10-3-4-13(17)12(16)7-10;/h3-4,7,11,18H,5-6,8H2,1-2H3;1H. The number of rotatable bonds is 3. The quantitative estimate of drug-likeness (QED) is 0.895. The van der Waals surface area contributed by atoms with Crippen molar-refractivity contribution in [3.63, 3.8) is 0 Å². The molecule has 9 heteroatoms. The number of benzene rings is 1. The number of nitrogens with one attached hydrogen (secondary N) is 1. The van der Waals surface area contributed by atoms with Crippen LogP contribution in [0.5, 0.6) is 0 Å². The fraction of sp³-hybridized carbons (Fsp3) is 0.400. The van der Waals surface area contributed by atoms with E-state index in [9.17, 15) is 9.18 Å². The van der Waals surface area contributed by atoms with Crippen LogP contribution in [0.15, 0.2) is 18.2 Å². The lowest BCUT2D eigenvalue weighted by atomic mass is 10.2. The second kappa shape index (κ2) is 7.46. The van der Waals surface area contributed by atoms with Crippen molar-refractivity contribution in [1.82, 2.24) is 25.2 Å². The predicted molar refractivity (Wildman–Crippen MR) is 91.7 cm³/mol. The zero-order valence-electron chi connectivity index (χ0n) is 13.3. The third-order valence-electron chi connectivity index (χ3n) is 4.15. The minimum Gasteiger partial charge on any atom is -0.336 e. The fourth-order valence-electron chi connectivity index (χ4n) is 2.69. The van der Waals surface area contributed by atoms with Gasteiger partial charge in [-0.3, -0.25) is 4.79 Å². The Morgan fingerprint density at radius 1 is 1.50 bits per heavy atom. The molecule has 1 aromatic heterocycles. The largest absolute Gasteiger partial charge is 0.336 e. The van der Waals surface area contributed by atoms with Crippen LogP contribution >= 0.6 is 24.0 Å². The molecule has 130 valence electrons. The third kappa shape index (κ3) is 3.38. The number of hydrogen-bond acceptors (Lipinski definition) is 4. The highest BCUT2D eigenvalue weighted by molar-refractivity contribution is 6.30. The first-order valence-corrected chi connectivity index (χ1v) is 7.72. The van der Waals surface area contributed by atoms with Crippen molar-refractivity contribution in [2.75, 3.05) is 20.1 Å². The minimum absolute atomic E-state index is 0. The van der Waals surface area contributed by atoms with E-state index >= 15 is 0 Å². The van der Waals surface area contributed by atoms with E-state index in [0.29, 0.717) is 17.1 Å². The van der Waals surface area contributed by atoms with Crippen molar-refractivity contribution < 1.29 is 9.18 Å². The SMILES string of the molecule is Cc1c(C(=O)N(C)C2CCNC2)nnn1-c1ccc(F)c(Cl)c1.Cl. The second-order valence-corrected chi connectivity index (χ2v) is 6.00. The molecule has 1 N–H and O–H groups in total. The van der Waals surface area contributed by atoms with Gasteiger partial charge in [-0.25, -0.2) is 9.07 Å². The molecule has 3 rings (SSSR count). The maximum atomic E-state index is 13.3. The Labute approximate surface area is 150 Å². The van der Waals surface area contributed by atoms with Gasteiger partial charge in [0.05, 0.1) is 16.4 Å². The molecular weight excluding hydrogens is 356 g/mol. The molecular formula is C15H18Cl2FN5O. The molecule has 1 unspecified atom stereocenters. The second-order valence-electron chi connectivity index (χ2n) is 5.60. The van der Waals surface area contributed by atoms with Crippen LogP contribution in [0, 0.1) is 12.7 Å². The molecule has 24 heavy (non-hydrogen) atoms. The molecule has 0 saturated carbocycles. The van der Waals surface area contributed by atoms with Crippen LogP contribution in [-0.2, 0) is 0 Å². The summed E-state index contributed by atoms with van der Waals surface area (Å²) in [6.45, 7) is 3.44. The molecule has 1 saturated heterocycles. The Morgan fingerprint density at radius 2 is 2.25 bits per heavy atom. The van der Waals surface area contributed by atoms with Crippen molar-refractivity contribution in [3.8, 4) is 5.69 Å². The summed E-state index contributed by atoms with van der Waals surface area (Å²) in [6.07, 6.45) is 0.920. The highest BCUT2D eigenvalue weighted by Crippen LogP contribution is 2.21. The van der Waals surface area contributed by atoms with Gasteiger partial charge in [0, 0.05) is 19.6 Å². The van der Waals surface area contributed by atoms with Gasteiger partial charge < -0.3 is 10.2 Å². The molecule has 0 spiro atoms. The van der Waals surface area contributed by atoms with E-state index < -0.39 is 5.82 Å². The number of carbonyl (C=O) groups is 1. The molecule has 0 radical (unpaired) electrons. The first kappa shape index (κ1) is 18.6. The molecule has 1 fully saturated rings. The van der Waals surface area contributed by atoms with Gasteiger partial charge in [-0.15, -0.1) is 17.5 Å². The molecule has 2 heterocycles. The lowest BCUT2D eigenvalue weighted by molar-refractivity contribution is 0.0737. The zero-order chi connectivity index (χ0) is 16.6.